The molecule has 0 aliphatic carbocycles. The lowest BCUT2D eigenvalue weighted by atomic mass is 10.1. The first kappa shape index (κ1) is 22.5. The zero-order valence-corrected chi connectivity index (χ0v) is 17.2. The lowest BCUT2D eigenvalue weighted by Crippen LogP contribution is -2.18. The molecule has 0 atom stereocenters. The van der Waals surface area contributed by atoms with Gasteiger partial charge in [-0.2, -0.15) is 5.26 Å². The van der Waals surface area contributed by atoms with E-state index in [1.807, 2.05) is 0 Å². The Morgan fingerprint density at radius 2 is 2.12 bits per heavy atom. The summed E-state index contributed by atoms with van der Waals surface area (Å²) in [6.45, 7) is -0.298. The molecule has 10 nitrogen and oxygen atoms in total. The van der Waals surface area contributed by atoms with Gasteiger partial charge in [0.15, 0.2) is 0 Å². The van der Waals surface area contributed by atoms with Crippen LogP contribution in [-0.4, -0.2) is 28.1 Å². The molecule has 0 unspecified atom stereocenters. The van der Waals surface area contributed by atoms with Gasteiger partial charge in [-0.05, 0) is 42.5 Å². The average Bonchev–Trinajstić information content (AvgIpc) is 3.21. The summed E-state index contributed by atoms with van der Waals surface area (Å²) >= 11 is 6.14. The van der Waals surface area contributed by atoms with Gasteiger partial charge in [-0.25, -0.2) is 4.79 Å². The predicted molar refractivity (Wildman–Crippen MR) is 114 cm³/mol. The fraction of sp³-hybridized carbons (Fsp3) is 0.0952. The van der Waals surface area contributed by atoms with E-state index in [2.05, 4.69) is 4.98 Å². The quantitative estimate of drug-likeness (QED) is 0.398. The number of rotatable bonds is 7. The van der Waals surface area contributed by atoms with Gasteiger partial charge in [0.05, 0.1) is 27.7 Å². The van der Waals surface area contributed by atoms with E-state index in [0.717, 1.165) is 0 Å². The van der Waals surface area contributed by atoms with Gasteiger partial charge < -0.3 is 19.2 Å². The van der Waals surface area contributed by atoms with Crippen LogP contribution in [0.3, 0.4) is 0 Å². The minimum atomic E-state index is -1.13. The van der Waals surface area contributed by atoms with E-state index in [1.165, 1.54) is 37.5 Å². The van der Waals surface area contributed by atoms with E-state index in [1.54, 1.807) is 18.2 Å². The summed E-state index contributed by atoms with van der Waals surface area (Å²) in [6, 6.07) is 8.90. The molecule has 1 aromatic carbocycles. The molecule has 0 saturated heterocycles. The molecule has 3 rings (SSSR count). The molecule has 32 heavy (non-hydrogen) atoms. The standard InChI is InChI=1S/C21H14ClN3O7/c1-31-10-15-14(9-23)20(26)24-17(19(15)25(29)30)6-3-12-4-7-18(32-12)13-8-11(21(27)28)2-5-16(13)22/h2-8H,10H2,1H3,(H,24,26)(H,27,28)/b6-3+. The number of aromatic amines is 1. The Hall–Kier alpha value is -4.20. The van der Waals surface area contributed by atoms with Crippen LogP contribution < -0.4 is 5.56 Å². The summed E-state index contributed by atoms with van der Waals surface area (Å²) in [7, 11) is 1.29. The van der Waals surface area contributed by atoms with Crippen molar-refractivity contribution in [3.63, 3.8) is 0 Å². The van der Waals surface area contributed by atoms with E-state index in [0.29, 0.717) is 5.56 Å². The number of aromatic carboxylic acids is 1. The van der Waals surface area contributed by atoms with Crippen molar-refractivity contribution in [1.82, 2.24) is 4.98 Å². The smallest absolute Gasteiger partial charge is 0.335 e. The Labute approximate surface area is 185 Å². The lowest BCUT2D eigenvalue weighted by molar-refractivity contribution is -0.386. The minimum absolute atomic E-state index is 0.0225. The lowest BCUT2D eigenvalue weighted by Gasteiger charge is -2.06. The van der Waals surface area contributed by atoms with E-state index in [-0.39, 0.29) is 40.0 Å². The van der Waals surface area contributed by atoms with Gasteiger partial charge in [0, 0.05) is 12.7 Å². The van der Waals surface area contributed by atoms with Crippen LogP contribution in [0, 0.1) is 21.4 Å². The number of carboxylic acids is 1. The van der Waals surface area contributed by atoms with Crippen molar-refractivity contribution in [2.75, 3.05) is 7.11 Å². The first-order valence-electron chi connectivity index (χ1n) is 8.90. The normalized spacial score (nSPS) is 10.9. The number of ether oxygens (including phenoxy) is 1. The summed E-state index contributed by atoms with van der Waals surface area (Å²) in [4.78, 5) is 36.6. The van der Waals surface area contributed by atoms with Crippen molar-refractivity contribution >= 4 is 35.4 Å². The zero-order valence-electron chi connectivity index (χ0n) is 16.4. The van der Waals surface area contributed by atoms with Crippen LogP contribution >= 0.6 is 11.6 Å². The van der Waals surface area contributed by atoms with Crippen LogP contribution in [0.25, 0.3) is 23.5 Å². The second-order valence-electron chi connectivity index (χ2n) is 6.41. The maximum absolute atomic E-state index is 12.2. The second kappa shape index (κ2) is 9.30. The molecule has 11 heteroatoms. The molecule has 3 aromatic rings. The van der Waals surface area contributed by atoms with Gasteiger partial charge >= 0.3 is 5.97 Å². The Balaban J connectivity index is 2.04. The van der Waals surface area contributed by atoms with Crippen LogP contribution in [-0.2, 0) is 11.3 Å². The fourth-order valence-electron chi connectivity index (χ4n) is 2.99. The van der Waals surface area contributed by atoms with Crippen LogP contribution in [0.15, 0.2) is 39.5 Å². The molecule has 0 saturated carbocycles. The monoisotopic (exact) mass is 455 g/mol. The molecule has 0 amide bonds. The predicted octanol–water partition coefficient (Wildman–Crippen LogP) is 4.08. The summed E-state index contributed by atoms with van der Waals surface area (Å²) in [5.41, 5.74) is -1.56. The highest BCUT2D eigenvalue weighted by Crippen LogP contribution is 2.31. The van der Waals surface area contributed by atoms with Crippen LogP contribution in [0.1, 0.15) is 32.9 Å². The Morgan fingerprint density at radius 3 is 2.75 bits per heavy atom. The minimum Gasteiger partial charge on any atom is -0.478 e. The number of hydrogen-bond donors (Lipinski definition) is 2. The van der Waals surface area contributed by atoms with Crippen molar-refractivity contribution in [3.8, 4) is 17.4 Å². The number of H-pyrrole nitrogens is 1. The van der Waals surface area contributed by atoms with Crippen molar-refractivity contribution in [1.29, 1.82) is 5.26 Å². The van der Waals surface area contributed by atoms with E-state index in [9.17, 15) is 25.0 Å². The number of nitro groups is 1. The highest BCUT2D eigenvalue weighted by molar-refractivity contribution is 6.33. The van der Waals surface area contributed by atoms with Gasteiger partial charge in [-0.1, -0.05) is 11.6 Å². The molecule has 162 valence electrons. The maximum atomic E-state index is 12.2. The summed E-state index contributed by atoms with van der Waals surface area (Å²) < 4.78 is 10.6. The largest absolute Gasteiger partial charge is 0.478 e. The molecular formula is C21H14ClN3O7. The number of benzene rings is 1. The number of hydrogen-bond acceptors (Lipinski definition) is 7. The molecule has 0 aliphatic rings. The Morgan fingerprint density at radius 1 is 1.38 bits per heavy atom. The average molecular weight is 456 g/mol. The molecule has 2 heterocycles. The summed E-state index contributed by atoms with van der Waals surface area (Å²) in [5.74, 6) is -0.594. The van der Waals surface area contributed by atoms with Crippen LogP contribution in [0.5, 0.6) is 0 Å². The number of furan rings is 1. The third-order valence-corrected chi connectivity index (χ3v) is 4.75. The summed E-state index contributed by atoms with van der Waals surface area (Å²) in [5, 5.41) is 30.2. The van der Waals surface area contributed by atoms with E-state index in [4.69, 9.17) is 25.9 Å². The number of carbonyl (C=O) groups is 1. The molecule has 0 aliphatic heterocycles. The van der Waals surface area contributed by atoms with Crippen molar-refractivity contribution in [2.24, 2.45) is 0 Å². The number of nitrogens with zero attached hydrogens (tertiary/aromatic N) is 2. The number of methoxy groups -OCH3 is 1. The number of nitriles is 1. The van der Waals surface area contributed by atoms with E-state index >= 15 is 0 Å². The third-order valence-electron chi connectivity index (χ3n) is 4.42. The maximum Gasteiger partial charge on any atom is 0.335 e. The number of aromatic nitrogens is 1. The van der Waals surface area contributed by atoms with Gasteiger partial charge in [0.25, 0.3) is 11.2 Å². The zero-order chi connectivity index (χ0) is 23.4. The second-order valence-corrected chi connectivity index (χ2v) is 6.81. The number of carboxylic acid groups (broad SMARTS) is 1. The Kier molecular flexibility index (Phi) is 6.53. The van der Waals surface area contributed by atoms with Crippen molar-refractivity contribution in [3.05, 3.63) is 84.0 Å². The molecule has 2 N–H and O–H groups in total. The highest BCUT2D eigenvalue weighted by Gasteiger charge is 2.25. The number of halogens is 1. The number of nitrogens with one attached hydrogen (secondary N) is 1. The van der Waals surface area contributed by atoms with Gasteiger partial charge in [-0.15, -0.1) is 0 Å². The van der Waals surface area contributed by atoms with Crippen molar-refractivity contribution < 1.29 is 24.0 Å². The molecule has 0 fully saturated rings. The fourth-order valence-corrected chi connectivity index (χ4v) is 3.20. The van der Waals surface area contributed by atoms with E-state index < -0.39 is 27.7 Å². The Bertz CT molecular complexity index is 1350. The van der Waals surface area contributed by atoms with Gasteiger partial charge in [0.2, 0.25) is 0 Å². The van der Waals surface area contributed by atoms with Crippen LogP contribution in [0.2, 0.25) is 5.02 Å². The molecular weight excluding hydrogens is 442 g/mol. The first-order valence-corrected chi connectivity index (χ1v) is 9.28. The topological polar surface area (TPSA) is 159 Å². The van der Waals surface area contributed by atoms with Crippen LogP contribution in [0.4, 0.5) is 5.69 Å². The van der Waals surface area contributed by atoms with Gasteiger partial charge in [-0.3, -0.25) is 14.9 Å². The molecule has 0 spiro atoms. The summed E-state index contributed by atoms with van der Waals surface area (Å²) in [6.07, 6.45) is 2.64. The first-order chi connectivity index (χ1) is 15.3. The third kappa shape index (κ3) is 4.44. The van der Waals surface area contributed by atoms with Gasteiger partial charge in [0.1, 0.15) is 28.8 Å². The SMILES string of the molecule is COCc1c([N+](=O)[O-])c(/C=C/c2ccc(-c3cc(C(=O)O)ccc3Cl)o2)[nH]c(=O)c1C#N. The molecule has 0 radical (unpaired) electrons. The van der Waals surface area contributed by atoms with Crippen molar-refractivity contribution in [2.45, 2.75) is 6.61 Å². The highest BCUT2D eigenvalue weighted by atomic mass is 35.5. The molecule has 2 aromatic heterocycles. The molecule has 0 bridgehead atoms. The number of pyridine rings is 1.